The van der Waals surface area contributed by atoms with Crippen LogP contribution in [0.4, 0.5) is 0 Å². The fraction of sp³-hybridized carbons (Fsp3) is 0.500. The van der Waals surface area contributed by atoms with Crippen molar-refractivity contribution in [3.05, 3.63) is 29.8 Å². The molecule has 1 aromatic rings. The van der Waals surface area contributed by atoms with Gasteiger partial charge in [-0.05, 0) is 17.5 Å². The molecule has 0 aromatic heterocycles. The van der Waals surface area contributed by atoms with E-state index in [0.29, 0.717) is 18.9 Å². The maximum atomic E-state index is 11.4. The van der Waals surface area contributed by atoms with Gasteiger partial charge in [0.15, 0.2) is 0 Å². The van der Waals surface area contributed by atoms with E-state index < -0.39 is 0 Å². The van der Waals surface area contributed by atoms with Crippen molar-refractivity contribution in [2.45, 2.75) is 26.2 Å². The van der Waals surface area contributed by atoms with Gasteiger partial charge in [0.05, 0.1) is 13.0 Å². The van der Waals surface area contributed by atoms with Gasteiger partial charge in [0.25, 0.3) is 0 Å². The van der Waals surface area contributed by atoms with Crippen LogP contribution in [0, 0.1) is 0 Å². The van der Waals surface area contributed by atoms with Gasteiger partial charge < -0.3 is 4.74 Å². The minimum absolute atomic E-state index is 0.0398. The molecule has 18 heavy (non-hydrogen) atoms. The van der Waals surface area contributed by atoms with Crippen LogP contribution < -0.4 is 10.2 Å². The normalized spacial score (nSPS) is 10.8. The van der Waals surface area contributed by atoms with Gasteiger partial charge in [-0.1, -0.05) is 32.0 Å². The lowest BCUT2D eigenvalue weighted by Gasteiger charge is -2.15. The van der Waals surface area contributed by atoms with E-state index in [0.717, 1.165) is 5.75 Å². The van der Waals surface area contributed by atoms with Crippen molar-refractivity contribution < 1.29 is 9.53 Å². The first-order chi connectivity index (χ1) is 8.50. The second kappa shape index (κ2) is 7.01. The van der Waals surface area contributed by atoms with Gasteiger partial charge in [-0.2, -0.15) is 0 Å². The number of benzene rings is 1. The standard InChI is InChI=1S/C14H22N2O2/c1-11(2)12-7-5-6-8-13(12)18-10-9-14(17)15-16(3)4/h5-8,11H,9-10H2,1-4H3,(H,15,17). The lowest BCUT2D eigenvalue weighted by atomic mass is 10.0. The highest BCUT2D eigenvalue weighted by molar-refractivity contribution is 5.75. The molecule has 0 saturated heterocycles. The molecule has 0 aliphatic carbocycles. The molecule has 0 radical (unpaired) electrons. The van der Waals surface area contributed by atoms with Crippen LogP contribution in [0.2, 0.25) is 0 Å². The number of amides is 1. The molecule has 0 spiro atoms. The molecule has 0 saturated carbocycles. The van der Waals surface area contributed by atoms with Crippen LogP contribution in [-0.2, 0) is 4.79 Å². The van der Waals surface area contributed by atoms with Gasteiger partial charge in [-0.15, -0.1) is 0 Å². The van der Waals surface area contributed by atoms with Crippen molar-refractivity contribution in [3.8, 4) is 5.75 Å². The van der Waals surface area contributed by atoms with Gasteiger partial charge in [0.2, 0.25) is 5.91 Å². The van der Waals surface area contributed by atoms with Crippen LogP contribution in [0.15, 0.2) is 24.3 Å². The minimum Gasteiger partial charge on any atom is -0.493 e. The molecule has 0 aliphatic rings. The van der Waals surface area contributed by atoms with Crippen LogP contribution >= 0.6 is 0 Å². The Hall–Kier alpha value is -1.55. The molecule has 0 heterocycles. The molecule has 4 heteroatoms. The van der Waals surface area contributed by atoms with Crippen molar-refractivity contribution in [2.24, 2.45) is 0 Å². The topological polar surface area (TPSA) is 41.6 Å². The van der Waals surface area contributed by atoms with E-state index in [-0.39, 0.29) is 5.91 Å². The summed E-state index contributed by atoms with van der Waals surface area (Å²) in [4.78, 5) is 11.4. The molecule has 0 atom stereocenters. The van der Waals surface area contributed by atoms with Gasteiger partial charge in [-0.3, -0.25) is 10.2 Å². The first-order valence-corrected chi connectivity index (χ1v) is 6.19. The first kappa shape index (κ1) is 14.5. The van der Waals surface area contributed by atoms with Gasteiger partial charge in [-0.25, -0.2) is 5.01 Å². The number of hydrogen-bond donors (Lipinski definition) is 1. The average Bonchev–Trinajstić information content (AvgIpc) is 2.28. The van der Waals surface area contributed by atoms with E-state index in [4.69, 9.17) is 4.74 Å². The predicted molar refractivity (Wildman–Crippen MR) is 72.5 cm³/mol. The quantitative estimate of drug-likeness (QED) is 0.787. The molecule has 4 nitrogen and oxygen atoms in total. The van der Waals surface area contributed by atoms with Crippen molar-refractivity contribution in [1.29, 1.82) is 0 Å². The van der Waals surface area contributed by atoms with E-state index in [1.54, 1.807) is 19.1 Å². The Kier molecular flexibility index (Phi) is 5.65. The summed E-state index contributed by atoms with van der Waals surface area (Å²) >= 11 is 0. The largest absolute Gasteiger partial charge is 0.493 e. The molecule has 0 fully saturated rings. The number of carbonyl (C=O) groups excluding carboxylic acids is 1. The molecule has 0 aliphatic heterocycles. The summed E-state index contributed by atoms with van der Waals surface area (Å²) in [5.74, 6) is 1.24. The number of nitrogens with zero attached hydrogens (tertiary/aromatic N) is 1. The Balaban J connectivity index is 2.46. The zero-order chi connectivity index (χ0) is 13.5. The van der Waals surface area contributed by atoms with E-state index >= 15 is 0 Å². The fourth-order valence-electron chi connectivity index (χ4n) is 1.65. The highest BCUT2D eigenvalue weighted by atomic mass is 16.5. The summed E-state index contributed by atoms with van der Waals surface area (Å²) in [5.41, 5.74) is 3.85. The van der Waals surface area contributed by atoms with Crippen LogP contribution in [-0.4, -0.2) is 31.6 Å². The second-order valence-electron chi connectivity index (χ2n) is 4.72. The zero-order valence-corrected chi connectivity index (χ0v) is 11.6. The lowest BCUT2D eigenvalue weighted by molar-refractivity contribution is -0.125. The Morgan fingerprint density at radius 2 is 2.00 bits per heavy atom. The van der Waals surface area contributed by atoms with Gasteiger partial charge >= 0.3 is 0 Å². The molecule has 1 amide bonds. The number of hydrazine groups is 1. The maximum absolute atomic E-state index is 11.4. The van der Waals surface area contributed by atoms with Crippen LogP contribution in [0.5, 0.6) is 5.75 Å². The summed E-state index contributed by atoms with van der Waals surface area (Å²) < 4.78 is 5.67. The Bertz CT molecular complexity index is 389. The number of nitrogens with one attached hydrogen (secondary N) is 1. The molecule has 1 N–H and O–H groups in total. The number of hydrogen-bond acceptors (Lipinski definition) is 3. The Morgan fingerprint density at radius 1 is 1.33 bits per heavy atom. The van der Waals surface area contributed by atoms with Crippen LogP contribution in [0.25, 0.3) is 0 Å². The smallest absolute Gasteiger partial charge is 0.237 e. The van der Waals surface area contributed by atoms with Gasteiger partial charge in [0, 0.05) is 14.1 Å². The van der Waals surface area contributed by atoms with Crippen molar-refractivity contribution in [3.63, 3.8) is 0 Å². The number of carbonyl (C=O) groups is 1. The third kappa shape index (κ3) is 4.75. The number of ether oxygens (including phenoxy) is 1. The molecular weight excluding hydrogens is 228 g/mol. The maximum Gasteiger partial charge on any atom is 0.237 e. The molecular formula is C14H22N2O2. The Morgan fingerprint density at radius 3 is 2.61 bits per heavy atom. The highest BCUT2D eigenvalue weighted by Crippen LogP contribution is 2.25. The summed E-state index contributed by atoms with van der Waals surface area (Å²) in [7, 11) is 3.57. The van der Waals surface area contributed by atoms with E-state index in [2.05, 4.69) is 25.3 Å². The van der Waals surface area contributed by atoms with Gasteiger partial charge in [0.1, 0.15) is 5.75 Å². The highest BCUT2D eigenvalue weighted by Gasteiger charge is 2.08. The summed E-state index contributed by atoms with van der Waals surface area (Å²) in [6.07, 6.45) is 0.352. The second-order valence-corrected chi connectivity index (χ2v) is 4.72. The predicted octanol–water partition coefficient (Wildman–Crippen LogP) is 2.17. The third-order valence-electron chi connectivity index (χ3n) is 2.48. The van der Waals surface area contributed by atoms with E-state index in [1.165, 1.54) is 5.56 Å². The lowest BCUT2D eigenvalue weighted by Crippen LogP contribution is -2.36. The Labute approximate surface area is 109 Å². The van der Waals surface area contributed by atoms with Crippen LogP contribution in [0.3, 0.4) is 0 Å². The number of para-hydroxylation sites is 1. The monoisotopic (exact) mass is 250 g/mol. The van der Waals surface area contributed by atoms with Crippen molar-refractivity contribution in [1.82, 2.24) is 10.4 Å². The molecule has 1 aromatic carbocycles. The number of rotatable bonds is 6. The first-order valence-electron chi connectivity index (χ1n) is 6.19. The van der Waals surface area contributed by atoms with Crippen molar-refractivity contribution in [2.75, 3.05) is 20.7 Å². The third-order valence-corrected chi connectivity index (χ3v) is 2.48. The molecule has 0 bridgehead atoms. The summed E-state index contributed by atoms with van der Waals surface area (Å²) in [5, 5.41) is 1.63. The zero-order valence-electron chi connectivity index (χ0n) is 11.6. The fourth-order valence-corrected chi connectivity index (χ4v) is 1.65. The molecule has 0 unspecified atom stereocenters. The minimum atomic E-state index is -0.0398. The summed E-state index contributed by atoms with van der Waals surface area (Å²) in [6, 6.07) is 7.95. The van der Waals surface area contributed by atoms with Crippen molar-refractivity contribution >= 4 is 5.91 Å². The average molecular weight is 250 g/mol. The molecule has 1 rings (SSSR count). The van der Waals surface area contributed by atoms with E-state index in [1.807, 2.05) is 18.2 Å². The van der Waals surface area contributed by atoms with Crippen LogP contribution in [0.1, 0.15) is 31.7 Å². The molecule has 100 valence electrons. The summed E-state index contributed by atoms with van der Waals surface area (Å²) in [6.45, 7) is 4.64. The van der Waals surface area contributed by atoms with E-state index in [9.17, 15) is 4.79 Å². The SMILES string of the molecule is CC(C)c1ccccc1OCCC(=O)NN(C)C.